The molecule has 6 heteroatoms. The lowest BCUT2D eigenvalue weighted by molar-refractivity contribution is -0.195. The molecule has 1 atom stereocenters. The van der Waals surface area contributed by atoms with Crippen LogP contribution in [0.1, 0.15) is 38.7 Å². The summed E-state index contributed by atoms with van der Waals surface area (Å²) in [6, 6.07) is 6.80. The number of halogens is 3. The summed E-state index contributed by atoms with van der Waals surface area (Å²) in [4.78, 5) is 13.5. The first-order chi connectivity index (χ1) is 10.8. The van der Waals surface area contributed by atoms with Crippen LogP contribution in [-0.4, -0.2) is 23.9 Å². The standard InChI is InChI=1S/C17H20F3NO2/c1-11(2)23-15(22)21-14-6-4-3-5-12(14)9-10-16(21,13-7-8-13)17(18,19)20/h3-6,11,13H,7-10H2,1-2H3. The van der Waals surface area contributed by atoms with Crippen LogP contribution in [-0.2, 0) is 11.2 Å². The van der Waals surface area contributed by atoms with Crippen LogP contribution in [0.5, 0.6) is 0 Å². The number of nitrogens with zero attached hydrogens (tertiary/aromatic N) is 1. The number of amides is 1. The van der Waals surface area contributed by atoms with Crippen molar-refractivity contribution >= 4 is 11.8 Å². The summed E-state index contributed by atoms with van der Waals surface area (Å²) in [6.45, 7) is 3.28. The first-order valence-corrected chi connectivity index (χ1v) is 7.93. The third-order valence-electron chi connectivity index (χ3n) is 4.67. The Bertz CT molecular complexity index is 610. The number of rotatable bonds is 2. The molecule has 0 bridgehead atoms. The highest BCUT2D eigenvalue weighted by Gasteiger charge is 2.68. The van der Waals surface area contributed by atoms with E-state index < -0.39 is 29.8 Å². The monoisotopic (exact) mass is 327 g/mol. The van der Waals surface area contributed by atoms with Gasteiger partial charge in [-0.15, -0.1) is 0 Å². The van der Waals surface area contributed by atoms with Gasteiger partial charge in [-0.3, -0.25) is 4.90 Å². The van der Waals surface area contributed by atoms with Gasteiger partial charge in [0.25, 0.3) is 0 Å². The SMILES string of the molecule is CC(C)OC(=O)N1c2ccccc2CCC1(C1CC1)C(F)(F)F. The van der Waals surface area contributed by atoms with E-state index in [-0.39, 0.29) is 6.42 Å². The van der Waals surface area contributed by atoms with E-state index in [4.69, 9.17) is 4.74 Å². The maximum atomic E-state index is 14.1. The van der Waals surface area contributed by atoms with Gasteiger partial charge in [0, 0.05) is 0 Å². The lowest BCUT2D eigenvalue weighted by Gasteiger charge is -2.48. The van der Waals surface area contributed by atoms with Crippen LogP contribution in [0, 0.1) is 5.92 Å². The molecular weight excluding hydrogens is 307 g/mol. The van der Waals surface area contributed by atoms with Gasteiger partial charge in [0.2, 0.25) is 0 Å². The Morgan fingerprint density at radius 2 is 1.96 bits per heavy atom. The van der Waals surface area contributed by atoms with Crippen molar-refractivity contribution in [3.63, 3.8) is 0 Å². The van der Waals surface area contributed by atoms with E-state index in [1.165, 1.54) is 0 Å². The number of fused-ring (bicyclic) bond motifs is 1. The van der Waals surface area contributed by atoms with Gasteiger partial charge in [0.05, 0.1) is 11.8 Å². The van der Waals surface area contributed by atoms with Crippen LogP contribution in [0.2, 0.25) is 0 Å². The Kier molecular flexibility index (Phi) is 3.81. The number of carbonyl (C=O) groups is 1. The Hall–Kier alpha value is -1.72. The van der Waals surface area contributed by atoms with Crippen molar-refractivity contribution in [1.82, 2.24) is 0 Å². The first-order valence-electron chi connectivity index (χ1n) is 7.93. The van der Waals surface area contributed by atoms with Crippen LogP contribution in [0.25, 0.3) is 0 Å². The minimum absolute atomic E-state index is 0.106. The summed E-state index contributed by atoms with van der Waals surface area (Å²) in [5, 5.41) is 0. The second kappa shape index (κ2) is 5.42. The van der Waals surface area contributed by atoms with Gasteiger partial charge >= 0.3 is 12.3 Å². The molecule has 1 aromatic carbocycles. The van der Waals surface area contributed by atoms with Crippen LogP contribution in [0.15, 0.2) is 24.3 Å². The van der Waals surface area contributed by atoms with Gasteiger partial charge < -0.3 is 4.74 Å². The van der Waals surface area contributed by atoms with Crippen molar-refractivity contribution < 1.29 is 22.7 Å². The van der Waals surface area contributed by atoms with E-state index >= 15 is 0 Å². The highest BCUT2D eigenvalue weighted by molar-refractivity contribution is 5.91. The summed E-state index contributed by atoms with van der Waals surface area (Å²) < 4.78 is 47.4. The predicted molar refractivity (Wildman–Crippen MR) is 80.4 cm³/mol. The molecule has 0 N–H and O–H groups in total. The van der Waals surface area contributed by atoms with Crippen LogP contribution in [0.4, 0.5) is 23.7 Å². The highest BCUT2D eigenvalue weighted by Crippen LogP contribution is 2.57. The van der Waals surface area contributed by atoms with Gasteiger partial charge in [-0.25, -0.2) is 4.79 Å². The highest BCUT2D eigenvalue weighted by atomic mass is 19.4. The summed E-state index contributed by atoms with van der Waals surface area (Å²) in [6.07, 6.45) is -4.67. The molecule has 1 saturated carbocycles. The molecule has 1 aliphatic heterocycles. The normalized spacial score (nSPS) is 24.5. The number of alkyl halides is 3. The minimum Gasteiger partial charge on any atom is -0.446 e. The van der Waals surface area contributed by atoms with Crippen molar-refractivity contribution in [3.05, 3.63) is 29.8 Å². The quantitative estimate of drug-likeness (QED) is 0.788. The zero-order valence-electron chi connectivity index (χ0n) is 13.2. The fourth-order valence-electron chi connectivity index (χ4n) is 3.56. The lowest BCUT2D eigenvalue weighted by atomic mass is 9.79. The second-order valence-corrected chi connectivity index (χ2v) is 6.59. The number of benzene rings is 1. The van der Waals surface area contributed by atoms with E-state index in [1.54, 1.807) is 38.1 Å². The maximum absolute atomic E-state index is 14.1. The number of carbonyl (C=O) groups excluding carboxylic acids is 1. The first kappa shape index (κ1) is 16.1. The Morgan fingerprint density at radius 1 is 1.30 bits per heavy atom. The smallest absolute Gasteiger partial charge is 0.415 e. The lowest BCUT2D eigenvalue weighted by Crippen LogP contribution is -2.65. The van der Waals surface area contributed by atoms with Crippen LogP contribution >= 0.6 is 0 Å². The van der Waals surface area contributed by atoms with Crippen molar-refractivity contribution in [2.45, 2.75) is 57.3 Å². The van der Waals surface area contributed by atoms with Crippen molar-refractivity contribution in [3.8, 4) is 0 Å². The van der Waals surface area contributed by atoms with Gasteiger partial charge in [-0.2, -0.15) is 13.2 Å². The zero-order valence-corrected chi connectivity index (χ0v) is 13.2. The minimum atomic E-state index is -4.49. The summed E-state index contributed by atoms with van der Waals surface area (Å²) >= 11 is 0. The van der Waals surface area contributed by atoms with Crippen LogP contribution in [0.3, 0.4) is 0 Å². The number of aryl methyl sites for hydroxylation is 1. The number of anilines is 1. The van der Waals surface area contributed by atoms with Gasteiger partial charge in [0.15, 0.2) is 0 Å². The van der Waals surface area contributed by atoms with E-state index in [2.05, 4.69) is 0 Å². The molecule has 1 fully saturated rings. The Morgan fingerprint density at radius 3 is 2.52 bits per heavy atom. The molecule has 0 aromatic heterocycles. The van der Waals surface area contributed by atoms with E-state index in [1.807, 2.05) is 0 Å². The molecule has 1 heterocycles. The molecule has 1 amide bonds. The number of hydrogen-bond acceptors (Lipinski definition) is 2. The van der Waals surface area contributed by atoms with Gasteiger partial charge in [0.1, 0.15) is 5.54 Å². The molecule has 1 unspecified atom stereocenters. The number of hydrogen-bond donors (Lipinski definition) is 0. The summed E-state index contributed by atoms with van der Waals surface area (Å²) in [5.41, 5.74) is -1.06. The largest absolute Gasteiger partial charge is 0.446 e. The second-order valence-electron chi connectivity index (χ2n) is 6.59. The molecule has 0 saturated heterocycles. The number of ether oxygens (including phenoxy) is 1. The van der Waals surface area contributed by atoms with E-state index in [9.17, 15) is 18.0 Å². The fourth-order valence-corrected chi connectivity index (χ4v) is 3.56. The van der Waals surface area contributed by atoms with Gasteiger partial charge in [-0.1, -0.05) is 18.2 Å². The molecule has 3 nitrogen and oxygen atoms in total. The zero-order chi connectivity index (χ0) is 16.8. The topological polar surface area (TPSA) is 29.5 Å². The predicted octanol–water partition coefficient (Wildman–Crippen LogP) is 4.70. The van der Waals surface area contributed by atoms with E-state index in [0.717, 1.165) is 10.5 Å². The number of para-hydroxylation sites is 1. The maximum Gasteiger partial charge on any atom is 0.415 e. The molecule has 0 spiro atoms. The average Bonchev–Trinajstić information content (AvgIpc) is 3.28. The third-order valence-corrected chi connectivity index (χ3v) is 4.67. The van der Waals surface area contributed by atoms with Crippen molar-refractivity contribution in [1.29, 1.82) is 0 Å². The molecular formula is C17H20F3NO2. The molecule has 0 radical (unpaired) electrons. The summed E-state index contributed by atoms with van der Waals surface area (Å²) in [7, 11) is 0. The molecule has 126 valence electrons. The van der Waals surface area contributed by atoms with Gasteiger partial charge in [-0.05, 0) is 57.1 Å². The fraction of sp³-hybridized carbons (Fsp3) is 0.588. The molecule has 23 heavy (non-hydrogen) atoms. The average molecular weight is 327 g/mol. The molecule has 2 aliphatic rings. The third kappa shape index (κ3) is 2.58. The molecule has 3 rings (SSSR count). The van der Waals surface area contributed by atoms with Crippen molar-refractivity contribution in [2.75, 3.05) is 4.90 Å². The summed E-state index contributed by atoms with van der Waals surface area (Å²) in [5.74, 6) is -0.546. The van der Waals surface area contributed by atoms with Crippen LogP contribution < -0.4 is 4.90 Å². The Labute approximate surface area is 133 Å². The molecule has 1 aliphatic carbocycles. The molecule has 1 aromatic rings. The van der Waals surface area contributed by atoms with Crippen molar-refractivity contribution in [2.24, 2.45) is 5.92 Å². The Balaban J connectivity index is 2.13. The van der Waals surface area contributed by atoms with E-state index in [0.29, 0.717) is 24.9 Å².